The molecule has 3 rings (SSSR count). The highest BCUT2D eigenvalue weighted by Crippen LogP contribution is 2.23. The lowest BCUT2D eigenvalue weighted by molar-refractivity contribution is 0.945. The Bertz CT molecular complexity index is 760. The van der Waals surface area contributed by atoms with Crippen molar-refractivity contribution in [3.05, 3.63) is 47.4 Å². The van der Waals surface area contributed by atoms with Crippen LogP contribution in [0.1, 0.15) is 17.1 Å². The highest BCUT2D eigenvalue weighted by molar-refractivity contribution is 5.64. The van der Waals surface area contributed by atoms with Crippen LogP contribution in [0.15, 0.2) is 30.3 Å². The molecular weight excluding hydrogens is 250 g/mol. The van der Waals surface area contributed by atoms with Crippen molar-refractivity contribution in [3.63, 3.8) is 0 Å². The van der Waals surface area contributed by atoms with Gasteiger partial charge in [0.1, 0.15) is 5.82 Å². The first-order chi connectivity index (χ1) is 9.70. The largest absolute Gasteiger partial charge is 0.330 e. The maximum Gasteiger partial charge on any atom is 0.170 e. The van der Waals surface area contributed by atoms with E-state index in [1.165, 1.54) is 5.56 Å². The van der Waals surface area contributed by atoms with Gasteiger partial charge in [0, 0.05) is 17.3 Å². The lowest BCUT2D eigenvalue weighted by atomic mass is 10.0. The Kier molecular flexibility index (Phi) is 3.20. The van der Waals surface area contributed by atoms with E-state index in [1.807, 2.05) is 36.4 Å². The van der Waals surface area contributed by atoms with Gasteiger partial charge in [-0.25, -0.2) is 4.98 Å². The second-order valence-electron chi connectivity index (χ2n) is 4.86. The molecule has 102 valence electrons. The van der Waals surface area contributed by atoms with Crippen molar-refractivity contribution in [1.82, 2.24) is 19.6 Å². The summed E-state index contributed by atoms with van der Waals surface area (Å²) >= 11 is 0. The van der Waals surface area contributed by atoms with Crippen LogP contribution in [0.2, 0.25) is 0 Å². The zero-order valence-corrected chi connectivity index (χ0v) is 11.7. The third kappa shape index (κ3) is 2.06. The molecule has 5 nitrogen and oxygen atoms in total. The first kappa shape index (κ1) is 12.7. The predicted octanol–water partition coefficient (Wildman–Crippen LogP) is 1.91. The molecule has 0 aliphatic carbocycles. The molecule has 0 saturated heterocycles. The van der Waals surface area contributed by atoms with E-state index in [0.29, 0.717) is 6.54 Å². The van der Waals surface area contributed by atoms with Gasteiger partial charge in [-0.05, 0) is 32.4 Å². The number of fused-ring (bicyclic) bond motifs is 1. The van der Waals surface area contributed by atoms with Crippen LogP contribution >= 0.6 is 0 Å². The Morgan fingerprint density at radius 1 is 1.15 bits per heavy atom. The topological polar surface area (TPSA) is 69.1 Å². The molecular formula is C15H17N5. The number of nitrogens with two attached hydrogens (primary N) is 1. The summed E-state index contributed by atoms with van der Waals surface area (Å²) in [5, 5.41) is 8.60. The quantitative estimate of drug-likeness (QED) is 0.787. The van der Waals surface area contributed by atoms with Gasteiger partial charge in [-0.3, -0.25) is 4.40 Å². The van der Waals surface area contributed by atoms with Crippen molar-refractivity contribution in [2.75, 3.05) is 6.54 Å². The third-order valence-corrected chi connectivity index (χ3v) is 3.36. The molecule has 0 aliphatic rings. The summed E-state index contributed by atoms with van der Waals surface area (Å²) in [6.07, 6.45) is 0.823. The Morgan fingerprint density at radius 2 is 1.95 bits per heavy atom. The molecule has 2 aromatic heterocycles. The molecule has 0 atom stereocenters. The van der Waals surface area contributed by atoms with Crippen LogP contribution in [0.3, 0.4) is 0 Å². The Balaban J connectivity index is 2.25. The molecule has 0 saturated carbocycles. The summed E-state index contributed by atoms with van der Waals surface area (Å²) in [7, 11) is 0. The summed E-state index contributed by atoms with van der Waals surface area (Å²) in [6, 6.07) is 10.1. The highest BCUT2D eigenvalue weighted by atomic mass is 15.3. The number of nitrogens with zero attached hydrogens (tertiary/aromatic N) is 4. The monoisotopic (exact) mass is 267 g/mol. The third-order valence-electron chi connectivity index (χ3n) is 3.36. The second kappa shape index (κ2) is 5.02. The van der Waals surface area contributed by atoms with Crippen molar-refractivity contribution in [2.24, 2.45) is 5.73 Å². The average molecular weight is 267 g/mol. The van der Waals surface area contributed by atoms with E-state index in [9.17, 15) is 0 Å². The van der Waals surface area contributed by atoms with E-state index in [-0.39, 0.29) is 0 Å². The summed E-state index contributed by atoms with van der Waals surface area (Å²) in [4.78, 5) is 4.49. The molecule has 0 fully saturated rings. The lowest BCUT2D eigenvalue weighted by Gasteiger charge is -2.08. The lowest BCUT2D eigenvalue weighted by Crippen LogP contribution is -2.05. The molecule has 3 aromatic rings. The standard InChI is InChI=1S/C15H17N5/c1-10-9-14-18-19-15(20(14)11(2)17-10)13-6-4-3-5-12(13)7-8-16/h3-6,9H,7-8,16H2,1-2H3. The molecule has 0 amide bonds. The Hall–Kier alpha value is -2.27. The molecule has 2 N–H and O–H groups in total. The van der Waals surface area contributed by atoms with Crippen molar-refractivity contribution >= 4 is 5.65 Å². The van der Waals surface area contributed by atoms with Crippen LogP contribution in [-0.4, -0.2) is 26.1 Å². The van der Waals surface area contributed by atoms with Gasteiger partial charge < -0.3 is 5.73 Å². The zero-order valence-electron chi connectivity index (χ0n) is 11.7. The SMILES string of the molecule is Cc1cc2nnc(-c3ccccc3CCN)n2c(C)n1. The minimum Gasteiger partial charge on any atom is -0.330 e. The van der Waals surface area contributed by atoms with Crippen LogP contribution in [0.5, 0.6) is 0 Å². The van der Waals surface area contributed by atoms with Crippen LogP contribution in [-0.2, 0) is 6.42 Å². The van der Waals surface area contributed by atoms with Crippen molar-refractivity contribution < 1.29 is 0 Å². The van der Waals surface area contributed by atoms with Crippen LogP contribution in [0.25, 0.3) is 17.0 Å². The van der Waals surface area contributed by atoms with Crippen molar-refractivity contribution in [3.8, 4) is 11.4 Å². The van der Waals surface area contributed by atoms with E-state index in [1.54, 1.807) is 0 Å². The molecule has 0 unspecified atom stereocenters. The second-order valence-corrected chi connectivity index (χ2v) is 4.86. The van der Waals surface area contributed by atoms with E-state index in [2.05, 4.69) is 27.3 Å². The first-order valence-electron chi connectivity index (χ1n) is 6.68. The fourth-order valence-corrected chi connectivity index (χ4v) is 2.52. The number of rotatable bonds is 3. The minimum absolute atomic E-state index is 0.615. The van der Waals surface area contributed by atoms with Gasteiger partial charge in [-0.1, -0.05) is 24.3 Å². The summed E-state index contributed by atoms with van der Waals surface area (Å²) in [5.41, 5.74) is 9.72. The van der Waals surface area contributed by atoms with Gasteiger partial charge >= 0.3 is 0 Å². The molecule has 0 spiro atoms. The van der Waals surface area contributed by atoms with Gasteiger partial charge in [0.25, 0.3) is 0 Å². The summed E-state index contributed by atoms with van der Waals surface area (Å²) in [5.74, 6) is 1.72. The normalized spacial score (nSPS) is 11.2. The minimum atomic E-state index is 0.615. The van der Waals surface area contributed by atoms with Crippen molar-refractivity contribution in [1.29, 1.82) is 0 Å². The highest BCUT2D eigenvalue weighted by Gasteiger charge is 2.13. The Morgan fingerprint density at radius 3 is 2.75 bits per heavy atom. The maximum absolute atomic E-state index is 5.69. The molecule has 0 bridgehead atoms. The van der Waals surface area contributed by atoms with E-state index < -0.39 is 0 Å². The van der Waals surface area contributed by atoms with Crippen LogP contribution < -0.4 is 5.73 Å². The molecule has 0 aliphatic heterocycles. The zero-order chi connectivity index (χ0) is 14.1. The fraction of sp³-hybridized carbons (Fsp3) is 0.267. The smallest absolute Gasteiger partial charge is 0.170 e. The molecule has 5 heteroatoms. The number of hydrogen-bond acceptors (Lipinski definition) is 4. The van der Waals surface area contributed by atoms with Crippen LogP contribution in [0.4, 0.5) is 0 Å². The predicted molar refractivity (Wildman–Crippen MR) is 78.5 cm³/mol. The van der Waals surface area contributed by atoms with Crippen LogP contribution in [0, 0.1) is 13.8 Å². The number of benzene rings is 1. The van der Waals surface area contributed by atoms with Crippen molar-refractivity contribution in [2.45, 2.75) is 20.3 Å². The maximum atomic E-state index is 5.69. The van der Waals surface area contributed by atoms with Gasteiger partial charge in [-0.2, -0.15) is 0 Å². The van der Waals surface area contributed by atoms with E-state index in [4.69, 9.17) is 5.73 Å². The van der Waals surface area contributed by atoms with E-state index in [0.717, 1.165) is 35.0 Å². The van der Waals surface area contributed by atoms with Gasteiger partial charge in [0.2, 0.25) is 0 Å². The molecule has 20 heavy (non-hydrogen) atoms. The van der Waals surface area contributed by atoms with E-state index >= 15 is 0 Å². The molecule has 1 aromatic carbocycles. The van der Waals surface area contributed by atoms with Gasteiger partial charge in [0.05, 0.1) is 0 Å². The molecule has 2 heterocycles. The fourth-order valence-electron chi connectivity index (χ4n) is 2.52. The Labute approximate surface area is 117 Å². The number of aromatic nitrogens is 4. The van der Waals surface area contributed by atoms with Gasteiger partial charge in [0.15, 0.2) is 11.5 Å². The summed E-state index contributed by atoms with van der Waals surface area (Å²) < 4.78 is 1.99. The summed E-state index contributed by atoms with van der Waals surface area (Å²) in [6.45, 7) is 4.55. The molecule has 0 radical (unpaired) electrons. The van der Waals surface area contributed by atoms with Gasteiger partial charge in [-0.15, -0.1) is 10.2 Å². The number of hydrogen-bond donors (Lipinski definition) is 1. The number of aryl methyl sites for hydroxylation is 2. The first-order valence-corrected chi connectivity index (χ1v) is 6.68. The average Bonchev–Trinajstić information content (AvgIpc) is 2.83.